The number of para-hydroxylation sites is 1. The fourth-order valence-corrected chi connectivity index (χ4v) is 2.45. The lowest BCUT2D eigenvalue weighted by atomic mass is 10.1. The second kappa shape index (κ2) is 7.22. The summed E-state index contributed by atoms with van der Waals surface area (Å²) in [5, 5.41) is 11.0. The zero-order valence-electron chi connectivity index (χ0n) is 13.7. The number of halogens is 1. The lowest BCUT2D eigenvalue weighted by molar-refractivity contribution is -0.385. The van der Waals surface area contributed by atoms with Crippen molar-refractivity contribution in [3.8, 4) is 17.2 Å². The zero-order chi connectivity index (χ0) is 18.7. The number of hydrogen-bond donors (Lipinski definition) is 0. The Balaban J connectivity index is 1.87. The van der Waals surface area contributed by atoms with Crippen molar-refractivity contribution in [1.82, 2.24) is 0 Å². The highest BCUT2D eigenvalue weighted by Gasteiger charge is 2.24. The Kier molecular flexibility index (Phi) is 4.83. The van der Waals surface area contributed by atoms with Crippen molar-refractivity contribution in [2.24, 2.45) is 0 Å². The molecule has 0 saturated heterocycles. The number of carbonyl (C=O) groups is 1. The van der Waals surface area contributed by atoms with Gasteiger partial charge in [0.15, 0.2) is 11.5 Å². The molecule has 7 nitrogen and oxygen atoms in total. The molecule has 2 aromatic carbocycles. The number of nitro groups is 1. The summed E-state index contributed by atoms with van der Waals surface area (Å²) in [5.41, 5.74) is 0.253. The van der Waals surface area contributed by atoms with Gasteiger partial charge < -0.3 is 14.2 Å². The van der Waals surface area contributed by atoms with Crippen molar-refractivity contribution >= 4 is 17.7 Å². The monoisotopic (exact) mass is 359 g/mol. The van der Waals surface area contributed by atoms with E-state index < -0.39 is 28.1 Å². The van der Waals surface area contributed by atoms with Gasteiger partial charge in [0.05, 0.1) is 17.1 Å². The first-order valence-corrected chi connectivity index (χ1v) is 7.75. The highest BCUT2D eigenvalue weighted by atomic mass is 19.1. The van der Waals surface area contributed by atoms with E-state index in [2.05, 4.69) is 0 Å². The van der Waals surface area contributed by atoms with Crippen molar-refractivity contribution in [1.29, 1.82) is 0 Å². The standard InChI is InChI=1S/C18H14FNO6/c1-2-24-15-5-3-4-11-8-12(10-25-17(11)15)18(21)26-16-9-13(19)6-7-14(16)20(22)23/h3-9H,2,10H2,1H3. The smallest absolute Gasteiger partial charge is 0.343 e. The summed E-state index contributed by atoms with van der Waals surface area (Å²) < 4.78 is 29.4. The first kappa shape index (κ1) is 17.4. The minimum Gasteiger partial charge on any atom is -0.490 e. The van der Waals surface area contributed by atoms with Crippen LogP contribution in [0.4, 0.5) is 10.1 Å². The third-order valence-electron chi connectivity index (χ3n) is 3.59. The number of ether oxygens (including phenoxy) is 3. The van der Waals surface area contributed by atoms with Crippen LogP contribution in [0.5, 0.6) is 17.2 Å². The van der Waals surface area contributed by atoms with Gasteiger partial charge in [0.2, 0.25) is 5.75 Å². The third kappa shape index (κ3) is 3.49. The largest absolute Gasteiger partial charge is 0.490 e. The van der Waals surface area contributed by atoms with E-state index in [0.29, 0.717) is 23.7 Å². The maximum Gasteiger partial charge on any atom is 0.343 e. The second-order valence-electron chi connectivity index (χ2n) is 5.32. The topological polar surface area (TPSA) is 87.9 Å². The summed E-state index contributed by atoms with van der Waals surface area (Å²) in [6.45, 7) is 2.20. The van der Waals surface area contributed by atoms with Crippen LogP contribution in [0.25, 0.3) is 6.08 Å². The van der Waals surface area contributed by atoms with Crippen molar-refractivity contribution in [2.45, 2.75) is 6.92 Å². The number of esters is 1. The van der Waals surface area contributed by atoms with Crippen LogP contribution in [-0.2, 0) is 4.79 Å². The van der Waals surface area contributed by atoms with Gasteiger partial charge in [-0.15, -0.1) is 0 Å². The molecule has 8 heteroatoms. The Bertz CT molecular complexity index is 909. The fraction of sp³-hybridized carbons (Fsp3) is 0.167. The Morgan fingerprint density at radius 1 is 1.31 bits per heavy atom. The average Bonchev–Trinajstić information content (AvgIpc) is 2.61. The van der Waals surface area contributed by atoms with Gasteiger partial charge in [-0.05, 0) is 25.1 Å². The maximum absolute atomic E-state index is 13.4. The van der Waals surface area contributed by atoms with Crippen molar-refractivity contribution in [2.75, 3.05) is 13.2 Å². The predicted molar refractivity (Wildman–Crippen MR) is 89.8 cm³/mol. The van der Waals surface area contributed by atoms with Gasteiger partial charge in [0.25, 0.3) is 0 Å². The molecule has 1 heterocycles. The first-order valence-electron chi connectivity index (χ1n) is 7.75. The molecule has 0 unspecified atom stereocenters. The van der Waals surface area contributed by atoms with E-state index in [1.807, 2.05) is 6.92 Å². The second-order valence-corrected chi connectivity index (χ2v) is 5.32. The molecule has 0 radical (unpaired) electrons. The number of hydrogen-bond acceptors (Lipinski definition) is 6. The van der Waals surface area contributed by atoms with Gasteiger partial charge in [-0.3, -0.25) is 10.1 Å². The minimum atomic E-state index is -0.855. The molecule has 0 N–H and O–H groups in total. The van der Waals surface area contributed by atoms with Crippen LogP contribution >= 0.6 is 0 Å². The van der Waals surface area contributed by atoms with Crippen LogP contribution in [0.15, 0.2) is 42.0 Å². The van der Waals surface area contributed by atoms with E-state index >= 15 is 0 Å². The number of carbonyl (C=O) groups excluding carboxylic acids is 1. The van der Waals surface area contributed by atoms with Gasteiger partial charge >= 0.3 is 11.7 Å². The van der Waals surface area contributed by atoms with Gasteiger partial charge in [-0.2, -0.15) is 0 Å². The SMILES string of the molecule is CCOc1cccc2c1OCC(C(=O)Oc1cc(F)ccc1[N+](=O)[O-])=C2. The Hall–Kier alpha value is -3.42. The molecule has 0 aromatic heterocycles. The maximum atomic E-state index is 13.4. The van der Waals surface area contributed by atoms with E-state index in [1.54, 1.807) is 24.3 Å². The number of nitro benzene ring substituents is 1. The minimum absolute atomic E-state index is 0.0982. The first-order chi connectivity index (χ1) is 12.5. The third-order valence-corrected chi connectivity index (χ3v) is 3.59. The fourth-order valence-electron chi connectivity index (χ4n) is 2.45. The van der Waals surface area contributed by atoms with Crippen molar-refractivity contribution in [3.05, 3.63) is 63.5 Å². The number of rotatable bonds is 5. The van der Waals surface area contributed by atoms with E-state index in [4.69, 9.17) is 14.2 Å². The number of fused-ring (bicyclic) bond motifs is 1. The summed E-state index contributed by atoms with van der Waals surface area (Å²) in [5.74, 6) is -1.02. The van der Waals surface area contributed by atoms with Gasteiger partial charge in [-0.25, -0.2) is 9.18 Å². The number of nitrogens with zero attached hydrogens (tertiary/aromatic N) is 1. The molecule has 26 heavy (non-hydrogen) atoms. The van der Waals surface area contributed by atoms with Crippen LogP contribution < -0.4 is 14.2 Å². The molecule has 1 aliphatic heterocycles. The van der Waals surface area contributed by atoms with Crippen LogP contribution in [0.1, 0.15) is 12.5 Å². The van der Waals surface area contributed by atoms with E-state index in [0.717, 1.165) is 18.2 Å². The van der Waals surface area contributed by atoms with Crippen LogP contribution in [-0.4, -0.2) is 24.1 Å². The summed E-state index contributed by atoms with van der Waals surface area (Å²) in [7, 11) is 0. The molecule has 0 spiro atoms. The van der Waals surface area contributed by atoms with E-state index in [1.165, 1.54) is 0 Å². The highest BCUT2D eigenvalue weighted by molar-refractivity contribution is 5.97. The Morgan fingerprint density at radius 2 is 2.12 bits per heavy atom. The quantitative estimate of drug-likeness (QED) is 0.351. The van der Waals surface area contributed by atoms with Gasteiger partial charge in [-0.1, -0.05) is 12.1 Å². The van der Waals surface area contributed by atoms with Gasteiger partial charge in [0.1, 0.15) is 12.4 Å². The molecule has 1 aliphatic rings. The van der Waals surface area contributed by atoms with Crippen LogP contribution in [0.2, 0.25) is 0 Å². The molecule has 0 saturated carbocycles. The van der Waals surface area contributed by atoms with E-state index in [-0.39, 0.29) is 12.2 Å². The summed E-state index contributed by atoms with van der Waals surface area (Å²) in [6.07, 6.45) is 1.55. The van der Waals surface area contributed by atoms with Gasteiger partial charge in [0, 0.05) is 17.7 Å². The molecule has 2 aromatic rings. The molecule has 3 rings (SSSR count). The normalized spacial score (nSPS) is 12.5. The van der Waals surface area contributed by atoms with E-state index in [9.17, 15) is 19.3 Å². The lowest BCUT2D eigenvalue weighted by Gasteiger charge is -2.19. The average molecular weight is 359 g/mol. The lowest BCUT2D eigenvalue weighted by Crippen LogP contribution is -2.20. The summed E-state index contributed by atoms with van der Waals surface area (Å²) in [4.78, 5) is 22.6. The Labute approximate surface area is 147 Å². The molecular formula is C18H14FNO6. The molecule has 0 atom stereocenters. The predicted octanol–water partition coefficient (Wildman–Crippen LogP) is 3.51. The Morgan fingerprint density at radius 3 is 2.85 bits per heavy atom. The molecular weight excluding hydrogens is 345 g/mol. The van der Waals surface area contributed by atoms with Crippen molar-refractivity contribution < 1.29 is 28.3 Å². The molecule has 0 fully saturated rings. The summed E-state index contributed by atoms with van der Waals surface area (Å²) in [6, 6.07) is 7.87. The molecule has 0 bridgehead atoms. The molecule has 0 amide bonds. The van der Waals surface area contributed by atoms with Crippen LogP contribution in [0.3, 0.4) is 0 Å². The molecule has 134 valence electrons. The van der Waals surface area contributed by atoms with Crippen LogP contribution in [0, 0.1) is 15.9 Å². The molecule has 0 aliphatic carbocycles. The number of benzene rings is 2. The van der Waals surface area contributed by atoms with Crippen molar-refractivity contribution in [3.63, 3.8) is 0 Å². The highest BCUT2D eigenvalue weighted by Crippen LogP contribution is 2.36. The zero-order valence-corrected chi connectivity index (χ0v) is 13.7. The summed E-state index contributed by atoms with van der Waals surface area (Å²) >= 11 is 0.